The van der Waals surface area contributed by atoms with Crippen LogP contribution in [0.5, 0.6) is 0 Å². The van der Waals surface area contributed by atoms with Crippen molar-refractivity contribution in [3.05, 3.63) is 0 Å². The number of rotatable bonds is 3. The Kier molecular flexibility index (Phi) is 23.8. The highest BCUT2D eigenvalue weighted by molar-refractivity contribution is 5.68. The third-order valence-electron chi connectivity index (χ3n) is 0.896. The second-order valence-corrected chi connectivity index (χ2v) is 1.91. The zero-order valence-corrected chi connectivity index (χ0v) is 9.24. The number of ether oxygens (including phenoxy) is 1. The second-order valence-electron chi connectivity index (χ2n) is 1.91. The molecule has 0 amide bonds. The van der Waals surface area contributed by atoms with E-state index >= 15 is 0 Å². The van der Waals surface area contributed by atoms with E-state index in [1.807, 2.05) is 0 Å². The molecule has 0 radical (unpaired) electrons. The molecule has 0 aromatic rings. The van der Waals surface area contributed by atoms with Gasteiger partial charge in [0.2, 0.25) is 0 Å². The van der Waals surface area contributed by atoms with Gasteiger partial charge in [0.1, 0.15) is 0 Å². The van der Waals surface area contributed by atoms with Gasteiger partial charge in [0.05, 0.1) is 6.61 Å². The summed E-state index contributed by atoms with van der Waals surface area (Å²) in [6.07, 6.45) is 0.702. The van der Waals surface area contributed by atoms with Gasteiger partial charge in [-0.1, -0.05) is 13.8 Å². The Bertz CT molecular complexity index is 133. The molecule has 0 bridgehead atoms. The van der Waals surface area contributed by atoms with Crippen molar-refractivity contribution in [2.24, 2.45) is 0 Å². The number of carboxylic acids is 1. The number of carbonyl (C=O) groups is 2. The topological polar surface area (TPSA) is 83.8 Å². The largest absolute Gasteiger partial charge is 0.481 e. The lowest BCUT2D eigenvalue weighted by Gasteiger charge is -1.93. The highest BCUT2D eigenvalue weighted by Gasteiger charge is 1.91. The third-order valence-corrected chi connectivity index (χ3v) is 0.896. The minimum absolute atomic E-state index is 0.123. The summed E-state index contributed by atoms with van der Waals surface area (Å²) in [6.45, 7) is 5.67. The number of carbonyl (C=O) groups excluding carboxylic acids is 1. The summed E-state index contributed by atoms with van der Waals surface area (Å²) in [4.78, 5) is 19.6. The number of aliphatic hydroxyl groups excluding tert-OH is 1. The zero-order valence-electron chi connectivity index (χ0n) is 9.24. The molecule has 2 N–H and O–H groups in total. The van der Waals surface area contributed by atoms with Crippen molar-refractivity contribution in [3.63, 3.8) is 0 Å². The second kappa shape index (κ2) is 17.8. The van der Waals surface area contributed by atoms with Crippen molar-refractivity contribution in [1.29, 1.82) is 0 Å². The molecule has 0 aliphatic carbocycles. The van der Waals surface area contributed by atoms with Gasteiger partial charge in [-0.05, 0) is 6.92 Å². The van der Waals surface area contributed by atoms with Crippen LogP contribution in [0.4, 0.5) is 0 Å². The van der Waals surface area contributed by atoms with Gasteiger partial charge in [-0.3, -0.25) is 9.59 Å². The molecule has 0 saturated heterocycles. The fourth-order valence-electron chi connectivity index (χ4n) is 0.263. The van der Waals surface area contributed by atoms with Gasteiger partial charge in [-0.2, -0.15) is 0 Å². The SMILES string of the molecule is CCC(=O)O.CCOC(=O)CC.CO. The molecule has 0 fully saturated rings. The molecule has 5 heteroatoms. The van der Waals surface area contributed by atoms with Crippen LogP contribution in [0.25, 0.3) is 0 Å². The predicted molar refractivity (Wildman–Crippen MR) is 53.0 cm³/mol. The lowest BCUT2D eigenvalue weighted by molar-refractivity contribution is -0.142. The Balaban J connectivity index is -0.000000152. The first kappa shape index (κ1) is 18.6. The van der Waals surface area contributed by atoms with Crippen molar-refractivity contribution in [2.45, 2.75) is 33.6 Å². The highest BCUT2D eigenvalue weighted by Crippen LogP contribution is 1.80. The van der Waals surface area contributed by atoms with E-state index in [0.717, 1.165) is 7.11 Å². The van der Waals surface area contributed by atoms with E-state index in [2.05, 4.69) is 4.74 Å². The van der Waals surface area contributed by atoms with E-state index in [9.17, 15) is 9.59 Å². The number of carboxylic acid groups (broad SMARTS) is 1. The highest BCUT2D eigenvalue weighted by atomic mass is 16.5. The number of aliphatic hydroxyl groups is 1. The van der Waals surface area contributed by atoms with Gasteiger partial charge < -0.3 is 14.9 Å². The molecule has 0 aromatic carbocycles. The maximum atomic E-state index is 10.2. The van der Waals surface area contributed by atoms with Crippen LogP contribution in [0.2, 0.25) is 0 Å². The van der Waals surface area contributed by atoms with Gasteiger partial charge in [-0.25, -0.2) is 0 Å². The molecule has 0 spiro atoms. The first-order valence-corrected chi connectivity index (χ1v) is 4.40. The van der Waals surface area contributed by atoms with E-state index < -0.39 is 5.97 Å². The van der Waals surface area contributed by atoms with Crippen LogP contribution in [-0.4, -0.2) is 35.9 Å². The van der Waals surface area contributed by atoms with Gasteiger partial charge in [0, 0.05) is 20.0 Å². The van der Waals surface area contributed by atoms with Gasteiger partial charge in [0.25, 0.3) is 0 Å². The Hall–Kier alpha value is -1.10. The van der Waals surface area contributed by atoms with Crippen molar-refractivity contribution >= 4 is 11.9 Å². The van der Waals surface area contributed by atoms with Crippen molar-refractivity contribution in [1.82, 2.24) is 0 Å². The lowest BCUT2D eigenvalue weighted by Crippen LogP contribution is -2.00. The summed E-state index contributed by atoms with van der Waals surface area (Å²) >= 11 is 0. The molecule has 0 atom stereocenters. The van der Waals surface area contributed by atoms with Gasteiger partial charge >= 0.3 is 11.9 Å². The van der Waals surface area contributed by atoms with Crippen LogP contribution >= 0.6 is 0 Å². The molecule has 5 nitrogen and oxygen atoms in total. The zero-order chi connectivity index (χ0) is 12.0. The van der Waals surface area contributed by atoms with Crippen molar-refractivity contribution in [3.8, 4) is 0 Å². The standard InChI is InChI=1S/C5H10O2.C3H6O2.CH4O/c1-3-5(6)7-4-2;1-2-3(4)5;1-2/h3-4H2,1-2H3;2H2,1H3,(H,4,5);2H,1H3. The molecule has 0 heterocycles. The van der Waals surface area contributed by atoms with Crippen LogP contribution in [0.15, 0.2) is 0 Å². The van der Waals surface area contributed by atoms with Crippen LogP contribution < -0.4 is 0 Å². The van der Waals surface area contributed by atoms with Crippen molar-refractivity contribution in [2.75, 3.05) is 13.7 Å². The summed E-state index contributed by atoms with van der Waals surface area (Å²) in [6, 6.07) is 0. The fourth-order valence-corrected chi connectivity index (χ4v) is 0.263. The first-order valence-electron chi connectivity index (χ1n) is 4.40. The quantitative estimate of drug-likeness (QED) is 0.677. The Morgan fingerprint density at radius 1 is 1.07 bits per heavy atom. The maximum Gasteiger partial charge on any atom is 0.305 e. The molecule has 0 rings (SSSR count). The molecule has 14 heavy (non-hydrogen) atoms. The maximum absolute atomic E-state index is 10.2. The Labute approximate surface area is 84.7 Å². The van der Waals surface area contributed by atoms with E-state index in [0.29, 0.717) is 13.0 Å². The van der Waals surface area contributed by atoms with E-state index in [1.165, 1.54) is 0 Å². The fraction of sp³-hybridized carbons (Fsp3) is 0.778. The summed E-state index contributed by atoms with van der Waals surface area (Å²) < 4.78 is 4.55. The average molecular weight is 208 g/mol. The normalized spacial score (nSPS) is 7.21. The lowest BCUT2D eigenvalue weighted by atomic mass is 10.5. The summed E-state index contributed by atoms with van der Waals surface area (Å²) in [5.74, 6) is -0.868. The first-order chi connectivity index (χ1) is 6.58. The molecule has 86 valence electrons. The molecule has 0 aliphatic heterocycles. The average Bonchev–Trinajstić information content (AvgIpc) is 2.22. The minimum atomic E-state index is -0.745. The molecule has 0 aromatic heterocycles. The monoisotopic (exact) mass is 208 g/mol. The summed E-state index contributed by atoms with van der Waals surface area (Å²) in [7, 11) is 1.00. The third kappa shape index (κ3) is 30.7. The smallest absolute Gasteiger partial charge is 0.305 e. The predicted octanol–water partition coefficient (Wildman–Crippen LogP) is 1.05. The van der Waals surface area contributed by atoms with Crippen LogP contribution in [0.3, 0.4) is 0 Å². The van der Waals surface area contributed by atoms with E-state index in [4.69, 9.17) is 10.2 Å². The van der Waals surface area contributed by atoms with Crippen LogP contribution in [0, 0.1) is 0 Å². The van der Waals surface area contributed by atoms with Crippen LogP contribution in [-0.2, 0) is 14.3 Å². The Morgan fingerprint density at radius 3 is 1.50 bits per heavy atom. The number of hydrogen-bond donors (Lipinski definition) is 2. The molecular formula is C9H20O5. The van der Waals surface area contributed by atoms with E-state index in [1.54, 1.807) is 20.8 Å². The minimum Gasteiger partial charge on any atom is -0.481 e. The van der Waals surface area contributed by atoms with Gasteiger partial charge in [0.15, 0.2) is 0 Å². The summed E-state index contributed by atoms with van der Waals surface area (Å²) in [5, 5.41) is 14.7. The van der Waals surface area contributed by atoms with Crippen LogP contribution in [0.1, 0.15) is 33.6 Å². The molecule has 0 saturated carbocycles. The molecule has 0 aliphatic rings. The Morgan fingerprint density at radius 2 is 1.43 bits per heavy atom. The van der Waals surface area contributed by atoms with E-state index in [-0.39, 0.29) is 12.4 Å². The molecular weight excluding hydrogens is 188 g/mol. The summed E-state index contributed by atoms with van der Waals surface area (Å²) in [5.41, 5.74) is 0. The van der Waals surface area contributed by atoms with Gasteiger partial charge in [-0.15, -0.1) is 0 Å². The number of aliphatic carboxylic acids is 1. The van der Waals surface area contributed by atoms with Crippen molar-refractivity contribution < 1.29 is 24.5 Å². The molecule has 0 unspecified atom stereocenters. The number of esters is 1. The number of hydrogen-bond acceptors (Lipinski definition) is 4.